The van der Waals surface area contributed by atoms with Crippen LogP contribution in [0.4, 0.5) is 13.2 Å². The van der Waals surface area contributed by atoms with E-state index in [-0.39, 0.29) is 18.2 Å². The number of benzene rings is 1. The maximum absolute atomic E-state index is 12.6. The van der Waals surface area contributed by atoms with Crippen molar-refractivity contribution >= 4 is 5.91 Å². The van der Waals surface area contributed by atoms with E-state index in [0.717, 1.165) is 36.3 Å². The number of hydrogen-bond acceptors (Lipinski definition) is 3. The molecule has 1 aliphatic rings. The van der Waals surface area contributed by atoms with Crippen LogP contribution in [0.15, 0.2) is 35.0 Å². The summed E-state index contributed by atoms with van der Waals surface area (Å²) in [6.07, 6.45) is -0.359. The van der Waals surface area contributed by atoms with Gasteiger partial charge in [-0.15, -0.1) is 0 Å². The Hall–Kier alpha value is -2.31. The van der Waals surface area contributed by atoms with Gasteiger partial charge in [0.2, 0.25) is 5.91 Å². The lowest BCUT2D eigenvalue weighted by atomic mass is 9.96. The van der Waals surface area contributed by atoms with Crippen LogP contribution in [0.1, 0.15) is 60.5 Å². The summed E-state index contributed by atoms with van der Waals surface area (Å²) in [7, 11) is 0. The third-order valence-corrected chi connectivity index (χ3v) is 4.40. The van der Waals surface area contributed by atoms with Gasteiger partial charge in [0.1, 0.15) is 5.76 Å². The van der Waals surface area contributed by atoms with Crippen LogP contribution in [0, 0.1) is 0 Å². The maximum Gasteiger partial charge on any atom is 0.416 e. The van der Waals surface area contributed by atoms with Crippen LogP contribution in [-0.4, -0.2) is 11.1 Å². The van der Waals surface area contributed by atoms with Gasteiger partial charge >= 0.3 is 6.18 Å². The number of carbonyl (C=O) groups is 1. The van der Waals surface area contributed by atoms with Crippen molar-refractivity contribution in [1.82, 2.24) is 10.5 Å². The summed E-state index contributed by atoms with van der Waals surface area (Å²) in [5, 5.41) is 6.61. The zero-order chi connectivity index (χ0) is 18.0. The first kappa shape index (κ1) is 17.5. The number of aromatic nitrogens is 1. The molecule has 2 aromatic rings. The van der Waals surface area contributed by atoms with Crippen LogP contribution >= 0.6 is 0 Å². The summed E-state index contributed by atoms with van der Waals surface area (Å²) in [5.74, 6) is 0.930. The zero-order valence-corrected chi connectivity index (χ0v) is 13.8. The second-order valence-electron chi connectivity index (χ2n) is 6.49. The van der Waals surface area contributed by atoms with Gasteiger partial charge in [-0.2, -0.15) is 13.2 Å². The molecule has 0 radical (unpaired) electrons. The highest BCUT2D eigenvalue weighted by atomic mass is 19.4. The Bertz CT molecular complexity index is 734. The number of hydrogen-bond donors (Lipinski definition) is 1. The van der Waals surface area contributed by atoms with E-state index in [1.807, 2.05) is 6.92 Å². The lowest BCUT2D eigenvalue weighted by Crippen LogP contribution is -2.24. The van der Waals surface area contributed by atoms with E-state index in [9.17, 15) is 18.0 Å². The second kappa shape index (κ2) is 6.90. The number of carbonyl (C=O) groups excluding carboxylic acids is 1. The highest BCUT2D eigenvalue weighted by Crippen LogP contribution is 2.41. The first-order valence-corrected chi connectivity index (χ1v) is 8.22. The molecule has 4 nitrogen and oxygen atoms in total. The molecule has 7 heteroatoms. The van der Waals surface area contributed by atoms with Gasteiger partial charge in [0.25, 0.3) is 0 Å². The number of rotatable bonds is 6. The van der Waals surface area contributed by atoms with E-state index in [0.29, 0.717) is 18.0 Å². The fourth-order valence-electron chi connectivity index (χ4n) is 2.75. The number of nitrogens with zero attached hydrogens (tertiary/aromatic N) is 1. The van der Waals surface area contributed by atoms with Crippen molar-refractivity contribution in [2.75, 3.05) is 0 Å². The molecular weight excluding hydrogens is 333 g/mol. The van der Waals surface area contributed by atoms with Gasteiger partial charge in [0, 0.05) is 24.4 Å². The Kier molecular flexibility index (Phi) is 4.83. The third-order valence-electron chi connectivity index (χ3n) is 4.40. The molecule has 0 saturated heterocycles. The number of nitrogens with one attached hydrogen (secondary N) is 1. The van der Waals surface area contributed by atoms with Crippen molar-refractivity contribution in [1.29, 1.82) is 0 Å². The lowest BCUT2D eigenvalue weighted by molar-refractivity contribution is -0.137. The van der Waals surface area contributed by atoms with E-state index < -0.39 is 11.7 Å². The minimum atomic E-state index is -4.35. The van der Waals surface area contributed by atoms with Crippen LogP contribution in [0.2, 0.25) is 0 Å². The van der Waals surface area contributed by atoms with E-state index in [1.165, 1.54) is 12.1 Å². The number of halogens is 3. The Labute approximate surface area is 143 Å². The van der Waals surface area contributed by atoms with Gasteiger partial charge in [-0.05, 0) is 36.5 Å². The summed E-state index contributed by atoms with van der Waals surface area (Å²) in [6, 6.07) is 4.93. The topological polar surface area (TPSA) is 55.1 Å². The summed E-state index contributed by atoms with van der Waals surface area (Å²) in [5.41, 5.74) is 0.901. The summed E-state index contributed by atoms with van der Waals surface area (Å²) in [4.78, 5) is 12.1. The molecule has 0 bridgehead atoms. The quantitative estimate of drug-likeness (QED) is 0.839. The highest BCUT2D eigenvalue weighted by Gasteiger charge is 2.31. The molecule has 3 rings (SSSR count). The van der Waals surface area contributed by atoms with Crippen molar-refractivity contribution in [3.63, 3.8) is 0 Å². The second-order valence-corrected chi connectivity index (χ2v) is 6.49. The van der Waals surface area contributed by atoms with Gasteiger partial charge in [0.05, 0.1) is 11.8 Å². The normalized spacial score (nSPS) is 15.8. The minimum Gasteiger partial charge on any atom is -0.361 e. The predicted octanol–water partition coefficient (Wildman–Crippen LogP) is 4.38. The van der Waals surface area contributed by atoms with Crippen LogP contribution in [-0.2, 0) is 17.5 Å². The molecule has 1 aromatic carbocycles. The molecule has 1 atom stereocenters. The van der Waals surface area contributed by atoms with Gasteiger partial charge in [-0.1, -0.05) is 24.2 Å². The first-order valence-electron chi connectivity index (χ1n) is 8.22. The zero-order valence-electron chi connectivity index (χ0n) is 13.8. The van der Waals surface area contributed by atoms with Crippen molar-refractivity contribution in [2.24, 2.45) is 0 Å². The van der Waals surface area contributed by atoms with Crippen LogP contribution in [0.5, 0.6) is 0 Å². The third kappa shape index (κ3) is 4.41. The van der Waals surface area contributed by atoms with Crippen LogP contribution < -0.4 is 5.32 Å². The Balaban J connectivity index is 1.52. The van der Waals surface area contributed by atoms with Crippen molar-refractivity contribution in [3.05, 3.63) is 52.9 Å². The molecule has 1 aromatic heterocycles. The van der Waals surface area contributed by atoms with E-state index in [1.54, 1.807) is 6.20 Å². The molecular formula is C18H19F3N2O2. The fraction of sp³-hybridized carbons (Fsp3) is 0.444. The monoisotopic (exact) mass is 352 g/mol. The van der Waals surface area contributed by atoms with E-state index >= 15 is 0 Å². The molecule has 134 valence electrons. The lowest BCUT2D eigenvalue weighted by Gasteiger charge is -2.13. The number of alkyl halides is 3. The largest absolute Gasteiger partial charge is 0.416 e. The van der Waals surface area contributed by atoms with E-state index in [4.69, 9.17) is 4.52 Å². The summed E-state index contributed by atoms with van der Waals surface area (Å²) >= 11 is 0. The number of amides is 1. The predicted molar refractivity (Wildman–Crippen MR) is 84.8 cm³/mol. The Morgan fingerprint density at radius 2 is 2.00 bits per heavy atom. The standard InChI is InChI=1S/C18H19F3N2O2/c1-11(12-4-6-15(7-5-12)18(19,20)21)8-16(24)22-9-14-10-23-25-17(14)13-2-3-13/h4-7,10-11,13H,2-3,8-9H2,1H3,(H,22,24)/t11-/m0/s1. The first-order chi connectivity index (χ1) is 11.8. The smallest absolute Gasteiger partial charge is 0.361 e. The molecule has 1 N–H and O–H groups in total. The summed E-state index contributed by atoms with van der Waals surface area (Å²) < 4.78 is 43.0. The molecule has 1 heterocycles. The van der Waals surface area contributed by atoms with Gasteiger partial charge < -0.3 is 9.84 Å². The Morgan fingerprint density at radius 3 is 2.60 bits per heavy atom. The van der Waals surface area contributed by atoms with Gasteiger partial charge in [-0.3, -0.25) is 4.79 Å². The SMILES string of the molecule is C[C@@H](CC(=O)NCc1cnoc1C1CC1)c1ccc(C(F)(F)F)cc1. The molecule has 0 aliphatic heterocycles. The Morgan fingerprint density at radius 1 is 1.32 bits per heavy atom. The van der Waals surface area contributed by atoms with E-state index in [2.05, 4.69) is 10.5 Å². The molecule has 1 amide bonds. The highest BCUT2D eigenvalue weighted by molar-refractivity contribution is 5.76. The minimum absolute atomic E-state index is 0.157. The maximum atomic E-state index is 12.6. The fourth-order valence-corrected chi connectivity index (χ4v) is 2.75. The average Bonchev–Trinajstić information content (AvgIpc) is 3.30. The molecule has 1 saturated carbocycles. The van der Waals surface area contributed by atoms with Gasteiger partial charge in [0.15, 0.2) is 0 Å². The average molecular weight is 352 g/mol. The van der Waals surface area contributed by atoms with Gasteiger partial charge in [-0.25, -0.2) is 0 Å². The van der Waals surface area contributed by atoms with Crippen molar-refractivity contribution in [3.8, 4) is 0 Å². The van der Waals surface area contributed by atoms with Crippen LogP contribution in [0.3, 0.4) is 0 Å². The molecule has 0 unspecified atom stereocenters. The van der Waals surface area contributed by atoms with Crippen molar-refractivity contribution < 1.29 is 22.5 Å². The molecule has 25 heavy (non-hydrogen) atoms. The van der Waals surface area contributed by atoms with Crippen LogP contribution in [0.25, 0.3) is 0 Å². The van der Waals surface area contributed by atoms with Crippen molar-refractivity contribution in [2.45, 2.75) is 50.7 Å². The molecule has 1 aliphatic carbocycles. The summed E-state index contributed by atoms with van der Waals surface area (Å²) in [6.45, 7) is 2.17. The molecule has 0 spiro atoms. The molecule has 1 fully saturated rings.